The smallest absolute Gasteiger partial charge is 0.305 e. The number of aliphatic hydroxyl groups excluding tert-OH is 3. The molecule has 0 spiro atoms. The quantitative estimate of drug-likeness (QED) is 0.280. The van der Waals surface area contributed by atoms with E-state index < -0.39 is 18.3 Å². The molecule has 5 nitrogen and oxygen atoms in total. The molecule has 0 aromatic carbocycles. The van der Waals surface area contributed by atoms with Crippen LogP contribution in [0.15, 0.2) is 24.3 Å². The van der Waals surface area contributed by atoms with Crippen LogP contribution in [0, 0.1) is 11.8 Å². The Morgan fingerprint density at radius 1 is 1.19 bits per heavy atom. The van der Waals surface area contributed by atoms with Gasteiger partial charge in [-0.15, -0.1) is 0 Å². The molecular formula is C21H36O5. The average molecular weight is 369 g/mol. The molecule has 1 saturated carbocycles. The predicted molar refractivity (Wildman–Crippen MR) is 103 cm³/mol. The summed E-state index contributed by atoms with van der Waals surface area (Å²) in [6, 6.07) is 0. The number of hydrogen-bond donors (Lipinski definition) is 3. The number of rotatable bonds is 12. The van der Waals surface area contributed by atoms with Crippen molar-refractivity contribution in [1.29, 1.82) is 0 Å². The summed E-state index contributed by atoms with van der Waals surface area (Å²) in [7, 11) is 1.35. The van der Waals surface area contributed by atoms with E-state index in [2.05, 4.69) is 23.8 Å². The maximum atomic E-state index is 11.1. The Kier molecular flexibility index (Phi) is 11.5. The number of ether oxygens (including phenoxy) is 1. The lowest BCUT2D eigenvalue weighted by Gasteiger charge is -2.19. The zero-order chi connectivity index (χ0) is 19.4. The van der Waals surface area contributed by atoms with Crippen LogP contribution in [0.1, 0.15) is 64.7 Å². The summed E-state index contributed by atoms with van der Waals surface area (Å²) < 4.78 is 4.58. The molecule has 0 heterocycles. The van der Waals surface area contributed by atoms with Crippen molar-refractivity contribution in [3.63, 3.8) is 0 Å². The molecule has 0 aromatic heterocycles. The second-order valence-electron chi connectivity index (χ2n) is 7.24. The van der Waals surface area contributed by atoms with Crippen LogP contribution in [0.3, 0.4) is 0 Å². The molecule has 0 saturated heterocycles. The number of esters is 1. The molecule has 26 heavy (non-hydrogen) atoms. The first-order valence-corrected chi connectivity index (χ1v) is 9.93. The van der Waals surface area contributed by atoms with Gasteiger partial charge in [0.05, 0.1) is 25.4 Å². The Balaban J connectivity index is 2.46. The standard InChI is InChI=1S/C21H36O5/c1-3-4-5-6-7-8-11-17-18(20(24)15-19(17)23)14-13-16(22)10-9-12-21(25)26-2/h7-8,13-14,16-20,22-24H,3-6,9-12,15H2,1-2H3/b8-7-,14-13+/t16-,17-,18+,19-,20+/m1/s1. The van der Waals surface area contributed by atoms with E-state index in [4.69, 9.17) is 0 Å². The normalized spacial score (nSPS) is 27.4. The minimum Gasteiger partial charge on any atom is -0.469 e. The third-order valence-electron chi connectivity index (χ3n) is 5.13. The maximum absolute atomic E-state index is 11.1. The van der Waals surface area contributed by atoms with Gasteiger partial charge in [-0.25, -0.2) is 0 Å². The second kappa shape index (κ2) is 13.1. The van der Waals surface area contributed by atoms with Gasteiger partial charge in [-0.1, -0.05) is 44.1 Å². The molecule has 150 valence electrons. The number of carbonyl (C=O) groups is 1. The van der Waals surface area contributed by atoms with Crippen LogP contribution in [-0.2, 0) is 9.53 Å². The maximum Gasteiger partial charge on any atom is 0.305 e. The molecular weight excluding hydrogens is 332 g/mol. The van der Waals surface area contributed by atoms with Crippen LogP contribution in [0.4, 0.5) is 0 Å². The number of aliphatic hydroxyl groups is 3. The molecule has 5 atom stereocenters. The highest BCUT2D eigenvalue weighted by Gasteiger charge is 2.39. The van der Waals surface area contributed by atoms with Crippen LogP contribution >= 0.6 is 0 Å². The number of hydrogen-bond acceptors (Lipinski definition) is 5. The lowest BCUT2D eigenvalue weighted by atomic mass is 9.89. The first kappa shape index (κ1) is 22.9. The van der Waals surface area contributed by atoms with E-state index in [0.717, 1.165) is 12.8 Å². The molecule has 0 bridgehead atoms. The second-order valence-corrected chi connectivity index (χ2v) is 7.24. The monoisotopic (exact) mass is 368 g/mol. The Morgan fingerprint density at radius 3 is 2.65 bits per heavy atom. The predicted octanol–water partition coefficient (Wildman–Crippen LogP) is 3.13. The summed E-state index contributed by atoms with van der Waals surface area (Å²) >= 11 is 0. The first-order valence-electron chi connectivity index (χ1n) is 9.93. The van der Waals surface area contributed by atoms with E-state index in [9.17, 15) is 20.1 Å². The van der Waals surface area contributed by atoms with Crippen LogP contribution < -0.4 is 0 Å². The fourth-order valence-electron chi connectivity index (χ4n) is 3.50. The lowest BCUT2D eigenvalue weighted by molar-refractivity contribution is -0.140. The third kappa shape index (κ3) is 8.47. The Hall–Kier alpha value is -1.17. The number of allylic oxidation sites excluding steroid dienone is 2. The first-order chi connectivity index (χ1) is 12.5. The van der Waals surface area contributed by atoms with Crippen LogP contribution in [0.5, 0.6) is 0 Å². The van der Waals surface area contributed by atoms with Gasteiger partial charge in [0.2, 0.25) is 0 Å². The van der Waals surface area contributed by atoms with E-state index in [-0.39, 0.29) is 24.2 Å². The van der Waals surface area contributed by atoms with Crippen molar-refractivity contribution in [2.24, 2.45) is 11.8 Å². The molecule has 0 unspecified atom stereocenters. The van der Waals surface area contributed by atoms with Crippen LogP contribution in [0.25, 0.3) is 0 Å². The van der Waals surface area contributed by atoms with Gasteiger partial charge in [0.15, 0.2) is 0 Å². The Morgan fingerprint density at radius 2 is 1.96 bits per heavy atom. The van der Waals surface area contributed by atoms with Gasteiger partial charge >= 0.3 is 5.97 Å². The molecule has 0 radical (unpaired) electrons. The highest BCUT2D eigenvalue weighted by Crippen LogP contribution is 2.36. The van der Waals surface area contributed by atoms with E-state index >= 15 is 0 Å². The van der Waals surface area contributed by atoms with Gasteiger partial charge in [0, 0.05) is 18.8 Å². The molecule has 0 amide bonds. The molecule has 1 aliphatic rings. The number of unbranched alkanes of at least 4 members (excludes halogenated alkanes) is 3. The van der Waals surface area contributed by atoms with Gasteiger partial charge in [0.1, 0.15) is 0 Å². The lowest BCUT2D eigenvalue weighted by Crippen LogP contribution is -2.20. The van der Waals surface area contributed by atoms with E-state index in [1.807, 2.05) is 6.08 Å². The van der Waals surface area contributed by atoms with Crippen molar-refractivity contribution >= 4 is 5.97 Å². The zero-order valence-electron chi connectivity index (χ0n) is 16.2. The van der Waals surface area contributed by atoms with Crippen molar-refractivity contribution in [3.05, 3.63) is 24.3 Å². The molecule has 0 aliphatic heterocycles. The average Bonchev–Trinajstić information content (AvgIpc) is 2.88. The van der Waals surface area contributed by atoms with Gasteiger partial charge in [-0.05, 0) is 38.0 Å². The minimum atomic E-state index is -0.658. The van der Waals surface area contributed by atoms with Crippen molar-refractivity contribution < 1.29 is 24.9 Å². The van der Waals surface area contributed by atoms with E-state index in [1.165, 1.54) is 26.4 Å². The van der Waals surface area contributed by atoms with Crippen molar-refractivity contribution in [3.8, 4) is 0 Å². The zero-order valence-corrected chi connectivity index (χ0v) is 16.2. The minimum absolute atomic E-state index is 0.0223. The van der Waals surface area contributed by atoms with Gasteiger partial charge in [-0.3, -0.25) is 4.79 Å². The molecule has 1 rings (SSSR count). The molecule has 3 N–H and O–H groups in total. The Bertz CT molecular complexity index is 446. The largest absolute Gasteiger partial charge is 0.469 e. The summed E-state index contributed by atoms with van der Waals surface area (Å²) in [5.74, 6) is -0.451. The number of methoxy groups -OCH3 is 1. The molecule has 1 aliphatic carbocycles. The summed E-state index contributed by atoms with van der Waals surface area (Å²) in [6.45, 7) is 2.18. The van der Waals surface area contributed by atoms with Crippen molar-refractivity contribution in [1.82, 2.24) is 0 Å². The van der Waals surface area contributed by atoms with E-state index in [1.54, 1.807) is 6.08 Å². The van der Waals surface area contributed by atoms with Crippen molar-refractivity contribution in [2.75, 3.05) is 7.11 Å². The van der Waals surface area contributed by atoms with Crippen LogP contribution in [0.2, 0.25) is 0 Å². The summed E-state index contributed by atoms with van der Waals surface area (Å²) in [5.41, 5.74) is 0. The van der Waals surface area contributed by atoms with Gasteiger partial charge < -0.3 is 20.1 Å². The highest BCUT2D eigenvalue weighted by atomic mass is 16.5. The van der Waals surface area contributed by atoms with Gasteiger partial charge in [-0.2, -0.15) is 0 Å². The third-order valence-corrected chi connectivity index (χ3v) is 5.13. The fourth-order valence-corrected chi connectivity index (χ4v) is 3.50. The Labute approximate surface area is 157 Å². The van der Waals surface area contributed by atoms with Crippen LogP contribution in [-0.4, -0.2) is 46.7 Å². The molecule has 5 heteroatoms. The number of carbonyl (C=O) groups excluding carboxylic acids is 1. The van der Waals surface area contributed by atoms with Gasteiger partial charge in [0.25, 0.3) is 0 Å². The van der Waals surface area contributed by atoms with E-state index in [0.29, 0.717) is 19.3 Å². The topological polar surface area (TPSA) is 87.0 Å². The summed E-state index contributed by atoms with van der Waals surface area (Å²) in [5, 5.41) is 30.5. The highest BCUT2D eigenvalue weighted by molar-refractivity contribution is 5.68. The molecule has 0 aromatic rings. The summed E-state index contributed by atoms with van der Waals surface area (Å²) in [4.78, 5) is 11.1. The van der Waals surface area contributed by atoms with Crippen molar-refractivity contribution in [2.45, 2.75) is 83.0 Å². The fraction of sp³-hybridized carbons (Fsp3) is 0.762. The molecule has 1 fully saturated rings. The summed E-state index contributed by atoms with van der Waals surface area (Å²) in [6.07, 6.45) is 13.1. The SMILES string of the molecule is CCCCC/C=C\C[C@@H]1[C@H](/C=C/[C@H](O)CCCC(=O)OC)[C@@H](O)C[C@H]1O.